The van der Waals surface area contributed by atoms with Gasteiger partial charge in [-0.05, 0) is 24.2 Å². The van der Waals surface area contributed by atoms with Gasteiger partial charge >= 0.3 is 0 Å². The molecule has 0 bridgehead atoms. The summed E-state index contributed by atoms with van der Waals surface area (Å²) in [6, 6.07) is 10.1. The minimum atomic E-state index is -2.42. The molecular formula is C10H13O2P. The maximum atomic E-state index is 10.3. The van der Waals surface area contributed by atoms with Gasteiger partial charge < -0.3 is 4.89 Å². The van der Waals surface area contributed by atoms with E-state index < -0.39 is 8.03 Å². The number of allylic oxidation sites excluding steroid dienone is 1. The second kappa shape index (κ2) is 5.74. The van der Waals surface area contributed by atoms with Crippen LogP contribution in [0.2, 0.25) is 0 Å². The van der Waals surface area contributed by atoms with Crippen molar-refractivity contribution in [3.8, 4) is 0 Å². The van der Waals surface area contributed by atoms with Crippen molar-refractivity contribution < 1.29 is 9.46 Å². The van der Waals surface area contributed by atoms with Gasteiger partial charge in [-0.15, -0.1) is 0 Å². The number of hydrogen-bond acceptors (Lipinski definition) is 1. The highest BCUT2D eigenvalue weighted by molar-refractivity contribution is 7.41. The molecule has 0 spiro atoms. The van der Waals surface area contributed by atoms with E-state index >= 15 is 0 Å². The first-order chi connectivity index (χ1) is 6.29. The SMILES string of the molecule is O=[PH](O)C=CCCc1ccccc1. The topological polar surface area (TPSA) is 37.3 Å². The molecule has 2 nitrogen and oxygen atoms in total. The quantitative estimate of drug-likeness (QED) is 0.751. The predicted molar refractivity (Wildman–Crippen MR) is 55.1 cm³/mol. The van der Waals surface area contributed by atoms with Crippen LogP contribution >= 0.6 is 8.03 Å². The number of aryl methyl sites for hydroxylation is 1. The Labute approximate surface area is 78.8 Å². The molecule has 1 aromatic rings. The lowest BCUT2D eigenvalue weighted by molar-refractivity contribution is 0.512. The van der Waals surface area contributed by atoms with Crippen molar-refractivity contribution in [3.63, 3.8) is 0 Å². The molecule has 0 fully saturated rings. The predicted octanol–water partition coefficient (Wildman–Crippen LogP) is 2.60. The van der Waals surface area contributed by atoms with Crippen LogP contribution < -0.4 is 0 Å². The van der Waals surface area contributed by atoms with Gasteiger partial charge in [0.05, 0.1) is 0 Å². The Morgan fingerprint density at radius 1 is 1.31 bits per heavy atom. The van der Waals surface area contributed by atoms with E-state index in [1.165, 1.54) is 11.4 Å². The molecular weight excluding hydrogens is 183 g/mol. The molecule has 0 aliphatic heterocycles. The zero-order valence-corrected chi connectivity index (χ0v) is 8.31. The first kappa shape index (κ1) is 10.2. The molecule has 0 radical (unpaired) electrons. The zero-order valence-electron chi connectivity index (χ0n) is 7.31. The first-order valence-electron chi connectivity index (χ1n) is 4.22. The van der Waals surface area contributed by atoms with E-state index in [9.17, 15) is 4.57 Å². The van der Waals surface area contributed by atoms with Crippen LogP contribution in [0.4, 0.5) is 0 Å². The minimum Gasteiger partial charge on any atom is -0.344 e. The summed E-state index contributed by atoms with van der Waals surface area (Å²) < 4.78 is 10.3. The molecule has 70 valence electrons. The van der Waals surface area contributed by atoms with Crippen LogP contribution in [0, 0.1) is 0 Å². The second-order valence-electron chi connectivity index (χ2n) is 2.76. The Bertz CT molecular complexity index is 293. The van der Waals surface area contributed by atoms with Gasteiger partial charge in [-0.25, -0.2) is 0 Å². The third-order valence-corrected chi connectivity index (χ3v) is 2.22. The molecule has 0 heterocycles. The maximum Gasteiger partial charge on any atom is 0.210 e. The molecule has 0 amide bonds. The van der Waals surface area contributed by atoms with Crippen molar-refractivity contribution in [2.24, 2.45) is 0 Å². The van der Waals surface area contributed by atoms with Crippen LogP contribution in [-0.4, -0.2) is 4.89 Å². The van der Waals surface area contributed by atoms with Crippen molar-refractivity contribution in [2.75, 3.05) is 0 Å². The Kier molecular flexibility index (Phi) is 4.52. The van der Waals surface area contributed by atoms with E-state index in [1.54, 1.807) is 6.08 Å². The smallest absolute Gasteiger partial charge is 0.210 e. The van der Waals surface area contributed by atoms with E-state index in [2.05, 4.69) is 12.1 Å². The molecule has 3 heteroatoms. The van der Waals surface area contributed by atoms with Crippen LogP contribution in [0.5, 0.6) is 0 Å². The molecule has 1 N–H and O–H groups in total. The van der Waals surface area contributed by atoms with Gasteiger partial charge in [0.2, 0.25) is 8.03 Å². The summed E-state index contributed by atoms with van der Waals surface area (Å²) in [7, 11) is -2.42. The molecule has 0 saturated heterocycles. The monoisotopic (exact) mass is 196 g/mol. The van der Waals surface area contributed by atoms with Crippen LogP contribution in [0.15, 0.2) is 42.2 Å². The average Bonchev–Trinajstić information content (AvgIpc) is 2.14. The fourth-order valence-corrected chi connectivity index (χ4v) is 1.45. The maximum absolute atomic E-state index is 10.3. The van der Waals surface area contributed by atoms with E-state index in [1.807, 2.05) is 18.2 Å². The van der Waals surface area contributed by atoms with Gasteiger partial charge in [-0.2, -0.15) is 0 Å². The number of rotatable bonds is 4. The summed E-state index contributed by atoms with van der Waals surface area (Å²) in [4.78, 5) is 8.51. The summed E-state index contributed by atoms with van der Waals surface area (Å²) >= 11 is 0. The molecule has 13 heavy (non-hydrogen) atoms. The summed E-state index contributed by atoms with van der Waals surface area (Å²) in [5.74, 6) is 1.37. The Balaban J connectivity index is 2.32. The summed E-state index contributed by atoms with van der Waals surface area (Å²) in [5.41, 5.74) is 1.25. The van der Waals surface area contributed by atoms with Gasteiger partial charge in [0.25, 0.3) is 0 Å². The highest BCUT2D eigenvalue weighted by Gasteiger charge is 1.88. The van der Waals surface area contributed by atoms with Gasteiger partial charge in [0.1, 0.15) is 0 Å². The standard InChI is InChI=1S/C10H13O2P/c11-13(12)9-5-4-8-10-6-2-1-3-7-10/h1-3,5-7,9,13H,4,8H2,(H,11,12). The summed E-state index contributed by atoms with van der Waals surface area (Å²) in [6.07, 6.45) is 3.50. The molecule has 1 rings (SSSR count). The molecule has 0 aromatic heterocycles. The van der Waals surface area contributed by atoms with Gasteiger partial charge in [-0.1, -0.05) is 36.4 Å². The van der Waals surface area contributed by atoms with Crippen molar-refractivity contribution in [2.45, 2.75) is 12.8 Å². The van der Waals surface area contributed by atoms with Crippen molar-refractivity contribution in [3.05, 3.63) is 47.8 Å². The third-order valence-electron chi connectivity index (χ3n) is 1.70. The summed E-state index contributed by atoms with van der Waals surface area (Å²) in [5, 5.41) is 0. The third kappa shape index (κ3) is 4.66. The second-order valence-corrected chi connectivity index (χ2v) is 3.77. The zero-order chi connectivity index (χ0) is 9.52. The molecule has 0 aliphatic carbocycles. The average molecular weight is 196 g/mol. The van der Waals surface area contributed by atoms with Crippen molar-refractivity contribution in [1.29, 1.82) is 0 Å². The lowest BCUT2D eigenvalue weighted by Gasteiger charge is -1.95. The van der Waals surface area contributed by atoms with Gasteiger partial charge in [0, 0.05) is 0 Å². The highest BCUT2D eigenvalue weighted by Crippen LogP contribution is 2.14. The Morgan fingerprint density at radius 2 is 2.00 bits per heavy atom. The number of hydrogen-bond donors (Lipinski definition) is 1. The molecule has 1 unspecified atom stereocenters. The van der Waals surface area contributed by atoms with Crippen LogP contribution in [0.3, 0.4) is 0 Å². The summed E-state index contributed by atoms with van der Waals surface area (Å²) in [6.45, 7) is 0. The molecule has 1 aromatic carbocycles. The van der Waals surface area contributed by atoms with E-state index in [0.717, 1.165) is 12.8 Å². The van der Waals surface area contributed by atoms with Crippen molar-refractivity contribution >= 4 is 8.03 Å². The van der Waals surface area contributed by atoms with Crippen LogP contribution in [0.25, 0.3) is 0 Å². The van der Waals surface area contributed by atoms with Crippen LogP contribution in [0.1, 0.15) is 12.0 Å². The van der Waals surface area contributed by atoms with Gasteiger partial charge in [0.15, 0.2) is 0 Å². The van der Waals surface area contributed by atoms with E-state index in [-0.39, 0.29) is 0 Å². The lowest BCUT2D eigenvalue weighted by Crippen LogP contribution is -1.80. The molecule has 0 saturated carbocycles. The van der Waals surface area contributed by atoms with E-state index in [4.69, 9.17) is 4.89 Å². The minimum absolute atomic E-state index is 0.820. The van der Waals surface area contributed by atoms with Crippen LogP contribution in [-0.2, 0) is 11.0 Å². The number of benzene rings is 1. The largest absolute Gasteiger partial charge is 0.344 e. The highest BCUT2D eigenvalue weighted by atomic mass is 31.1. The fourth-order valence-electron chi connectivity index (χ4n) is 1.08. The van der Waals surface area contributed by atoms with E-state index in [0.29, 0.717) is 0 Å². The van der Waals surface area contributed by atoms with Crippen molar-refractivity contribution in [1.82, 2.24) is 0 Å². The lowest BCUT2D eigenvalue weighted by atomic mass is 10.1. The first-order valence-corrected chi connectivity index (χ1v) is 5.66. The normalized spacial score (nSPS) is 13.3. The molecule has 1 atom stereocenters. The van der Waals surface area contributed by atoms with Gasteiger partial charge in [-0.3, -0.25) is 4.57 Å². The molecule has 0 aliphatic rings. The Morgan fingerprint density at radius 3 is 2.62 bits per heavy atom. The fraction of sp³-hybridized carbons (Fsp3) is 0.200. The Hall–Kier alpha value is -0.850.